The summed E-state index contributed by atoms with van der Waals surface area (Å²) in [6.07, 6.45) is 9.79. The van der Waals surface area contributed by atoms with Crippen molar-refractivity contribution in [3.63, 3.8) is 0 Å². The van der Waals surface area contributed by atoms with Gasteiger partial charge in [0.2, 0.25) is 11.6 Å². The van der Waals surface area contributed by atoms with Gasteiger partial charge >= 0.3 is 0 Å². The molecule has 62 heavy (non-hydrogen) atoms. The van der Waals surface area contributed by atoms with Crippen molar-refractivity contribution < 1.29 is 43.9 Å². The summed E-state index contributed by atoms with van der Waals surface area (Å²) in [5, 5.41) is -0.0743. The molecule has 0 saturated carbocycles. The van der Waals surface area contributed by atoms with Crippen LogP contribution in [0.3, 0.4) is 0 Å². The van der Waals surface area contributed by atoms with E-state index in [4.69, 9.17) is 46.4 Å². The van der Waals surface area contributed by atoms with Crippen molar-refractivity contribution >= 4 is 91.5 Å². The first kappa shape index (κ1) is 41.3. The Bertz CT molecular complexity index is 2910. The molecule has 0 saturated heterocycles. The minimum atomic E-state index is -2.42. The minimum absolute atomic E-state index is 0.0186. The molecule has 8 bridgehead atoms. The lowest BCUT2D eigenvalue weighted by Gasteiger charge is -2.16. The molecule has 5 heterocycles. The molecule has 0 fully saturated rings. The molecule has 9 rings (SSSR count). The second-order valence-electron chi connectivity index (χ2n) is 13.4. The fourth-order valence-corrected chi connectivity index (χ4v) is 8.41. The van der Waals surface area contributed by atoms with Gasteiger partial charge in [-0.25, -0.2) is 63.9 Å². The number of halogens is 14. The summed E-state index contributed by atoms with van der Waals surface area (Å²) in [6, 6.07) is 8.66. The van der Waals surface area contributed by atoms with Gasteiger partial charge in [-0.15, -0.1) is 0 Å². The number of rotatable bonds is 4. The van der Waals surface area contributed by atoms with Crippen molar-refractivity contribution in [3.05, 3.63) is 208 Å². The Morgan fingerprint density at radius 2 is 0.484 bits per heavy atom. The molecule has 4 nitrogen and oxygen atoms in total. The van der Waals surface area contributed by atoms with Crippen LogP contribution in [-0.4, -0.2) is 22.8 Å². The Balaban J connectivity index is 1.46. The van der Waals surface area contributed by atoms with Crippen molar-refractivity contribution in [2.45, 2.75) is 0 Å². The largest absolute Gasteiger partial charge is 0.248 e. The average Bonchev–Trinajstić information content (AvgIpc) is 4.10. The summed E-state index contributed by atoms with van der Waals surface area (Å²) in [4.78, 5) is 18.2. The Labute approximate surface area is 362 Å². The normalized spacial score (nSPS) is 16.7. The minimum Gasteiger partial charge on any atom is -0.248 e. The van der Waals surface area contributed by atoms with Gasteiger partial charge in [-0.2, -0.15) is 0 Å². The Morgan fingerprint density at radius 1 is 0.274 bits per heavy atom. The van der Waals surface area contributed by atoms with Gasteiger partial charge in [-0.1, -0.05) is 58.5 Å². The topological polar surface area (TPSA) is 49.4 Å². The lowest BCUT2D eigenvalue weighted by atomic mass is 9.97. The molecule has 0 radical (unpaired) electrons. The molecular formula is C44H14Cl4F10N4. The van der Waals surface area contributed by atoms with E-state index < -0.39 is 103 Å². The van der Waals surface area contributed by atoms with Crippen LogP contribution in [0, 0.1) is 58.2 Å². The average molecular weight is 930 g/mol. The van der Waals surface area contributed by atoms with Gasteiger partial charge < -0.3 is 0 Å². The van der Waals surface area contributed by atoms with E-state index >= 15 is 17.6 Å². The molecule has 0 spiro atoms. The lowest BCUT2D eigenvalue weighted by Crippen LogP contribution is -2.12. The molecule has 5 aliphatic heterocycles. The third kappa shape index (κ3) is 6.38. The van der Waals surface area contributed by atoms with Gasteiger partial charge in [0, 0.05) is 33.4 Å². The predicted octanol–water partition coefficient (Wildman–Crippen LogP) is 13.7. The van der Waals surface area contributed by atoms with Gasteiger partial charge in [-0.3, -0.25) is 0 Å². The fraction of sp³-hybridized carbons (Fsp3) is 0. The summed E-state index contributed by atoms with van der Waals surface area (Å²) >= 11 is 26.6. The molecule has 308 valence electrons. The van der Waals surface area contributed by atoms with Gasteiger partial charge in [0.15, 0.2) is 46.5 Å². The number of hydrogen-bond acceptors (Lipinski definition) is 4. The summed E-state index contributed by atoms with van der Waals surface area (Å²) in [5.41, 5.74) is -6.33. The number of fused-ring (bicyclic) bond motifs is 4. The number of hydrogen-bond donors (Lipinski definition) is 0. The van der Waals surface area contributed by atoms with Gasteiger partial charge in [0.25, 0.3) is 0 Å². The second-order valence-corrected chi connectivity index (χ2v) is 15.1. The van der Waals surface area contributed by atoms with Gasteiger partial charge in [0.05, 0.1) is 76.9 Å². The van der Waals surface area contributed by atoms with E-state index in [1.165, 1.54) is 85.0 Å². The zero-order valence-corrected chi connectivity index (χ0v) is 33.2. The molecule has 0 amide bonds. The van der Waals surface area contributed by atoms with E-state index in [2.05, 4.69) is 20.0 Å². The summed E-state index contributed by atoms with van der Waals surface area (Å²) in [6.45, 7) is 0. The highest BCUT2D eigenvalue weighted by Gasteiger charge is 2.36. The zero-order valence-electron chi connectivity index (χ0n) is 30.2. The smallest absolute Gasteiger partial charge is 0.200 e. The van der Waals surface area contributed by atoms with Crippen LogP contribution in [0.15, 0.2) is 128 Å². The quantitative estimate of drug-likeness (QED) is 0.111. The van der Waals surface area contributed by atoms with Crippen molar-refractivity contribution in [2.24, 2.45) is 20.0 Å². The maximum absolute atomic E-state index is 15.9. The summed E-state index contributed by atoms with van der Waals surface area (Å²) in [7, 11) is 0. The molecule has 4 aromatic carbocycles. The number of nitrogens with zero attached hydrogens (tertiary/aromatic N) is 4. The Kier molecular flexibility index (Phi) is 10.2. The molecule has 5 aliphatic rings. The standard InChI is InChI=1S/C44H14Cl4F10N4/c45-15-3-1-4-16(46)27(15)29-19-7-11-23(59-19)31(33-35(49)39(53)43(57)40(54)36(33)50)25-13-9-21(61-25)30(28-17(47)5-2-6-18(28)48)22-10-14-26(62-22)32(24-12-8-20(29)60-24)34-37(51)41(55)44(58)42(56)38(34)52/h1-14H. The molecule has 0 aliphatic carbocycles. The molecule has 0 atom stereocenters. The Hall–Kier alpha value is -6.06. The van der Waals surface area contributed by atoms with Crippen molar-refractivity contribution in [3.8, 4) is 0 Å². The first-order valence-corrected chi connectivity index (χ1v) is 19.1. The van der Waals surface area contributed by atoms with Crippen LogP contribution in [0.25, 0.3) is 22.3 Å². The number of benzene rings is 4. The van der Waals surface area contributed by atoms with E-state index in [0.29, 0.717) is 0 Å². The highest BCUT2D eigenvalue weighted by Crippen LogP contribution is 2.44. The number of aliphatic imine (C=N–C) groups is 4. The third-order valence-electron chi connectivity index (χ3n) is 9.95. The van der Waals surface area contributed by atoms with Crippen molar-refractivity contribution in [2.75, 3.05) is 0 Å². The van der Waals surface area contributed by atoms with Crippen LogP contribution in [0.2, 0.25) is 20.1 Å². The molecule has 4 aromatic rings. The molecule has 0 unspecified atom stereocenters. The molecular weight excluding hydrogens is 916 g/mol. The molecule has 0 N–H and O–H groups in total. The van der Waals surface area contributed by atoms with Crippen LogP contribution in [-0.2, 0) is 0 Å². The van der Waals surface area contributed by atoms with E-state index in [1.807, 2.05) is 0 Å². The van der Waals surface area contributed by atoms with E-state index in [-0.39, 0.29) is 65.2 Å². The molecule has 0 aromatic heterocycles. The van der Waals surface area contributed by atoms with E-state index in [1.54, 1.807) is 0 Å². The van der Waals surface area contributed by atoms with E-state index in [9.17, 15) is 26.3 Å². The van der Waals surface area contributed by atoms with Crippen LogP contribution < -0.4 is 0 Å². The maximum atomic E-state index is 15.9. The molecule has 18 heteroatoms. The van der Waals surface area contributed by atoms with Crippen molar-refractivity contribution in [1.82, 2.24) is 0 Å². The monoisotopic (exact) mass is 928 g/mol. The predicted molar refractivity (Wildman–Crippen MR) is 219 cm³/mol. The summed E-state index contributed by atoms with van der Waals surface area (Å²) < 4.78 is 152. The first-order valence-electron chi connectivity index (χ1n) is 17.6. The highest BCUT2D eigenvalue weighted by molar-refractivity contribution is 6.46. The SMILES string of the molecule is Fc1c(F)c(F)c(C2=C3C=CC(=N3)C(c3c(Cl)cccc3Cl)=C3C=CC(=N3)C(c3c(F)c(F)c(F)c(F)c3F)=C3C=CC(=N3)C(c3c(Cl)cccc3Cl)=C3C=CC2=N3)c(F)c1F. The van der Waals surface area contributed by atoms with Gasteiger partial charge in [-0.05, 0) is 72.9 Å². The van der Waals surface area contributed by atoms with Crippen LogP contribution in [0.5, 0.6) is 0 Å². The first-order chi connectivity index (χ1) is 29.6. The second kappa shape index (κ2) is 15.4. The highest BCUT2D eigenvalue weighted by atomic mass is 35.5. The zero-order chi connectivity index (χ0) is 44.0. The Morgan fingerprint density at radius 3 is 0.726 bits per heavy atom. The van der Waals surface area contributed by atoms with Gasteiger partial charge in [0.1, 0.15) is 0 Å². The van der Waals surface area contributed by atoms with Crippen LogP contribution >= 0.6 is 46.4 Å². The van der Waals surface area contributed by atoms with Crippen LogP contribution in [0.1, 0.15) is 22.3 Å². The maximum Gasteiger partial charge on any atom is 0.200 e. The third-order valence-corrected chi connectivity index (χ3v) is 11.2. The number of allylic oxidation sites excluding steroid dienone is 12. The van der Waals surface area contributed by atoms with Crippen molar-refractivity contribution in [1.29, 1.82) is 0 Å². The lowest BCUT2D eigenvalue weighted by molar-refractivity contribution is 0.376. The van der Waals surface area contributed by atoms with E-state index in [0.717, 1.165) is 0 Å². The summed E-state index contributed by atoms with van der Waals surface area (Å²) in [5.74, 6) is -22.7. The fourth-order valence-electron chi connectivity index (χ4n) is 7.23. The van der Waals surface area contributed by atoms with Crippen LogP contribution in [0.4, 0.5) is 43.9 Å².